The van der Waals surface area contributed by atoms with Gasteiger partial charge in [0.1, 0.15) is 5.75 Å². The lowest BCUT2D eigenvalue weighted by molar-refractivity contribution is -0.145. The maximum absolute atomic E-state index is 16.8. The average Bonchev–Trinajstić information content (AvgIpc) is 3.60. The number of thiol groups is 1. The number of anilines is 1. The van der Waals surface area contributed by atoms with Crippen LogP contribution < -0.4 is 14.8 Å². The van der Waals surface area contributed by atoms with Crippen LogP contribution in [0.2, 0.25) is 5.02 Å². The monoisotopic (exact) mass is 695 g/mol. The Morgan fingerprint density at radius 3 is 2.04 bits per heavy atom. The van der Waals surface area contributed by atoms with Crippen LogP contribution >= 0.6 is 11.6 Å². The molecule has 2 fully saturated rings. The molecule has 1 aliphatic heterocycles. The van der Waals surface area contributed by atoms with Gasteiger partial charge in [-0.2, -0.15) is 8.78 Å². The second-order valence-corrected chi connectivity index (χ2v) is 13.8. The van der Waals surface area contributed by atoms with Crippen molar-refractivity contribution in [1.29, 1.82) is 0 Å². The van der Waals surface area contributed by atoms with Crippen LogP contribution in [-0.2, 0) is 26.4 Å². The van der Waals surface area contributed by atoms with Gasteiger partial charge in [0, 0.05) is 29.6 Å². The topological polar surface area (TPSA) is 110 Å². The number of carbonyl (C=O) groups is 2. The molecule has 0 radical (unpaired) electrons. The van der Waals surface area contributed by atoms with Gasteiger partial charge >= 0.3 is 5.92 Å². The molecule has 1 aliphatic carbocycles. The Balaban J connectivity index is 1.37. The first kappa shape index (κ1) is 33.7. The molecular weight excluding hydrogens is 660 g/mol. The third-order valence-corrected chi connectivity index (χ3v) is 10.4. The van der Waals surface area contributed by atoms with E-state index in [0.717, 1.165) is 36.6 Å². The summed E-state index contributed by atoms with van der Waals surface area (Å²) in [5, 5.41) is 1.86. The zero-order chi connectivity index (χ0) is 34.0. The average molecular weight is 696 g/mol. The zero-order valence-electron chi connectivity index (χ0n) is 26.1. The van der Waals surface area contributed by atoms with E-state index in [-0.39, 0.29) is 37.7 Å². The number of ether oxygens (including phenoxy) is 1. The quantitative estimate of drug-likeness (QED) is 0.180. The molecule has 4 aromatic rings. The van der Waals surface area contributed by atoms with E-state index in [2.05, 4.69) is 0 Å². The molecule has 1 unspecified atom stereocenters. The van der Waals surface area contributed by atoms with Crippen molar-refractivity contribution in [1.82, 2.24) is 4.90 Å². The number of benzene rings is 4. The summed E-state index contributed by atoms with van der Waals surface area (Å²) in [5.74, 6) is -5.37. The van der Waals surface area contributed by atoms with E-state index in [4.69, 9.17) is 22.1 Å². The van der Waals surface area contributed by atoms with Crippen molar-refractivity contribution in [2.75, 3.05) is 17.4 Å². The van der Waals surface area contributed by atoms with E-state index in [9.17, 15) is 18.0 Å². The molecule has 1 atom stereocenters. The van der Waals surface area contributed by atoms with Gasteiger partial charge in [-0.05, 0) is 96.8 Å². The van der Waals surface area contributed by atoms with Crippen molar-refractivity contribution in [3.8, 4) is 16.9 Å². The number of rotatable bonds is 10. The van der Waals surface area contributed by atoms with Gasteiger partial charge in [-0.3, -0.25) is 13.9 Å². The van der Waals surface area contributed by atoms with Gasteiger partial charge in [-0.15, -0.1) is 0 Å². The fourth-order valence-electron chi connectivity index (χ4n) is 6.62. The molecule has 252 valence electrons. The van der Waals surface area contributed by atoms with Gasteiger partial charge < -0.3 is 15.4 Å². The summed E-state index contributed by atoms with van der Waals surface area (Å²) >= 11 is 5.99. The molecule has 0 aromatic heterocycles. The van der Waals surface area contributed by atoms with Crippen LogP contribution in [0.1, 0.15) is 44.1 Å². The fourth-order valence-corrected chi connectivity index (χ4v) is 7.49. The number of primary amides is 1. The smallest absolute Gasteiger partial charge is 0.303 e. The summed E-state index contributed by atoms with van der Waals surface area (Å²) in [4.78, 5) is 27.0. The second kappa shape index (κ2) is 14.1. The van der Waals surface area contributed by atoms with Crippen molar-refractivity contribution in [2.45, 2.75) is 56.6 Å². The van der Waals surface area contributed by atoms with Crippen LogP contribution in [-0.4, -0.2) is 50.4 Å². The molecule has 12 heteroatoms. The summed E-state index contributed by atoms with van der Waals surface area (Å²) in [6, 6.07) is 19.7. The Morgan fingerprint density at radius 1 is 0.854 bits per heavy atom. The molecular formula is C36H36ClF2N3O5S. The number of fused-ring (bicyclic) bond motifs is 1. The van der Waals surface area contributed by atoms with E-state index in [1.165, 1.54) is 41.3 Å². The van der Waals surface area contributed by atoms with Crippen molar-refractivity contribution in [3.05, 3.63) is 95.5 Å². The van der Waals surface area contributed by atoms with Crippen molar-refractivity contribution >= 4 is 50.8 Å². The lowest BCUT2D eigenvalue weighted by Crippen LogP contribution is -2.57. The number of piperidine rings is 1. The first-order valence-electron chi connectivity index (χ1n) is 16.0. The number of hydrogen-bond donors (Lipinski definition) is 2. The number of nitrogens with zero attached hydrogens (tertiary/aromatic N) is 2. The number of halogens is 3. The minimum Gasteiger partial charge on any atom is -0.490 e. The number of likely N-dealkylation sites (tertiary alicyclic amines) is 1. The largest absolute Gasteiger partial charge is 0.490 e. The highest BCUT2D eigenvalue weighted by Gasteiger charge is 2.52. The Kier molecular flexibility index (Phi) is 9.89. The number of carbonyl (C=O) groups excluding carboxylic acids is 2. The van der Waals surface area contributed by atoms with Gasteiger partial charge in [0.15, 0.2) is 6.04 Å². The van der Waals surface area contributed by atoms with Crippen molar-refractivity contribution < 1.29 is 31.5 Å². The zero-order valence-corrected chi connectivity index (χ0v) is 27.7. The molecule has 4 aromatic carbocycles. The highest BCUT2D eigenvalue weighted by Crippen LogP contribution is 2.40. The lowest BCUT2D eigenvalue weighted by atomic mass is 9.93. The van der Waals surface area contributed by atoms with Crippen LogP contribution in [0, 0.1) is 5.92 Å². The predicted molar refractivity (Wildman–Crippen MR) is 183 cm³/mol. The number of amides is 2. The van der Waals surface area contributed by atoms with Gasteiger partial charge in [0.2, 0.25) is 16.8 Å². The third kappa shape index (κ3) is 7.12. The highest BCUT2D eigenvalue weighted by atomic mass is 35.5. The SMILES string of the molecule is NC(=O)C1CCN(C(=O)C(N(c2ccc3cc(OC4CCCC4)ccc3c2)[SH](=O)=O)C(F)(F)c2ccc(-c3ccc(Cl)cc3)cc2)CC1. The number of alkyl halides is 2. The van der Waals surface area contributed by atoms with E-state index < -0.39 is 46.2 Å². The molecule has 0 bridgehead atoms. The van der Waals surface area contributed by atoms with Gasteiger partial charge in [0.05, 0.1) is 11.8 Å². The minimum atomic E-state index is -3.96. The van der Waals surface area contributed by atoms with Gasteiger partial charge in [-0.1, -0.05) is 60.1 Å². The van der Waals surface area contributed by atoms with Crippen LogP contribution in [0.25, 0.3) is 21.9 Å². The van der Waals surface area contributed by atoms with Gasteiger partial charge in [-0.25, -0.2) is 8.42 Å². The van der Waals surface area contributed by atoms with Crippen LogP contribution in [0.5, 0.6) is 5.75 Å². The van der Waals surface area contributed by atoms with E-state index in [1.807, 2.05) is 6.07 Å². The van der Waals surface area contributed by atoms with Gasteiger partial charge in [0.25, 0.3) is 5.91 Å². The van der Waals surface area contributed by atoms with E-state index in [1.54, 1.807) is 42.5 Å². The molecule has 2 N–H and O–H groups in total. The Hall–Kier alpha value is -4.22. The summed E-state index contributed by atoms with van der Waals surface area (Å²) in [6.45, 7) is -0.0288. The lowest BCUT2D eigenvalue weighted by Gasteiger charge is -2.39. The molecule has 6 rings (SSSR count). The van der Waals surface area contributed by atoms with E-state index in [0.29, 0.717) is 26.0 Å². The predicted octanol–water partition coefficient (Wildman–Crippen LogP) is 6.70. The Bertz CT molecular complexity index is 1870. The summed E-state index contributed by atoms with van der Waals surface area (Å²) in [5.41, 5.74) is 6.23. The van der Waals surface area contributed by atoms with Crippen molar-refractivity contribution in [3.63, 3.8) is 0 Å². The first-order chi connectivity index (χ1) is 23.0. The molecule has 1 saturated carbocycles. The minimum absolute atomic E-state index is 0.0144. The summed E-state index contributed by atoms with van der Waals surface area (Å²) in [7, 11) is -3.73. The first-order valence-corrected chi connectivity index (χ1v) is 17.5. The second-order valence-electron chi connectivity index (χ2n) is 12.4. The van der Waals surface area contributed by atoms with E-state index >= 15 is 8.78 Å². The highest BCUT2D eigenvalue weighted by molar-refractivity contribution is 7.74. The normalized spacial score (nSPS) is 16.7. The Morgan fingerprint density at radius 2 is 1.44 bits per heavy atom. The molecule has 1 heterocycles. The van der Waals surface area contributed by atoms with Crippen LogP contribution in [0.4, 0.5) is 14.5 Å². The maximum atomic E-state index is 16.8. The third-order valence-electron chi connectivity index (χ3n) is 9.32. The maximum Gasteiger partial charge on any atom is 0.303 e. The molecule has 0 spiro atoms. The molecule has 48 heavy (non-hydrogen) atoms. The molecule has 2 aliphatic rings. The summed E-state index contributed by atoms with van der Waals surface area (Å²) < 4.78 is 66.1. The Labute approximate surface area is 284 Å². The molecule has 2 amide bonds. The van der Waals surface area contributed by atoms with Crippen molar-refractivity contribution in [2.24, 2.45) is 11.7 Å². The molecule has 1 saturated heterocycles. The number of nitrogens with two attached hydrogens (primary N) is 1. The molecule has 8 nitrogen and oxygen atoms in total. The van der Waals surface area contributed by atoms with Crippen LogP contribution in [0.3, 0.4) is 0 Å². The van der Waals surface area contributed by atoms with Crippen LogP contribution in [0.15, 0.2) is 84.9 Å². The number of hydrogen-bond acceptors (Lipinski definition) is 5. The summed E-state index contributed by atoms with van der Waals surface area (Å²) in [6.07, 6.45) is 4.73. The fraction of sp³-hybridized carbons (Fsp3) is 0.333. The standard InChI is InChI=1S/C36H36ClF2N3O5S/c37-29-13-7-24(8-14-29)23-5-11-28(12-6-23)36(38,39)33(35(44)41-19-17-25(18-20-41)34(40)43)42(48(45)46)30-15-9-27-22-32(16-10-26(27)21-30)47-31-3-1-2-4-31/h5-16,21-22,25,31,33,48H,1-4,17-20H2,(H2,40,43).